The van der Waals surface area contributed by atoms with Gasteiger partial charge < -0.3 is 4.42 Å². The van der Waals surface area contributed by atoms with E-state index in [1.807, 2.05) is 6.07 Å². The molecule has 42 valence electrons. The van der Waals surface area contributed by atoms with Crippen molar-refractivity contribution < 1.29 is 4.42 Å². The lowest BCUT2D eigenvalue weighted by atomic mass is 10.3. The molecule has 2 nitrogen and oxygen atoms in total. The quantitative estimate of drug-likeness (QED) is 0.521. The molecule has 0 aromatic carbocycles. The molecule has 0 spiro atoms. The van der Waals surface area contributed by atoms with Crippen LogP contribution in [0.15, 0.2) is 22.9 Å². The molecule has 2 rings (SSSR count). The minimum absolute atomic E-state index is 0.873. The van der Waals surface area contributed by atoms with Crippen molar-refractivity contribution in [3.63, 3.8) is 0 Å². The average Bonchev–Trinajstić information content (AvgIpc) is 2.33. The Labute approximate surface area is 52.1 Å². The van der Waals surface area contributed by atoms with Crippen LogP contribution in [0.1, 0.15) is 0 Å². The summed E-state index contributed by atoms with van der Waals surface area (Å²) in [4.78, 5) is 3.87. The first-order valence-corrected chi connectivity index (χ1v) is 2.59. The zero-order valence-electron chi connectivity index (χ0n) is 4.59. The SMILES string of the molecule is [c]1o[c]c2cnccc12. The number of furan rings is 1. The molecule has 0 bridgehead atoms. The fourth-order valence-electron chi connectivity index (χ4n) is 0.700. The van der Waals surface area contributed by atoms with E-state index in [0.717, 1.165) is 10.8 Å². The Morgan fingerprint density at radius 3 is 3.11 bits per heavy atom. The number of rotatable bonds is 0. The van der Waals surface area contributed by atoms with Crippen molar-refractivity contribution in [2.75, 3.05) is 0 Å². The summed E-state index contributed by atoms with van der Waals surface area (Å²) in [6, 6.07) is 1.83. The van der Waals surface area contributed by atoms with Gasteiger partial charge in [0.15, 0.2) is 12.5 Å². The van der Waals surface area contributed by atoms with Crippen LogP contribution in [-0.4, -0.2) is 4.98 Å². The van der Waals surface area contributed by atoms with Crippen LogP contribution in [-0.2, 0) is 0 Å². The van der Waals surface area contributed by atoms with Gasteiger partial charge in [-0.3, -0.25) is 4.98 Å². The smallest absolute Gasteiger partial charge is 0.180 e. The second-order valence-electron chi connectivity index (χ2n) is 1.73. The topological polar surface area (TPSA) is 26.0 Å². The summed E-state index contributed by atoms with van der Waals surface area (Å²) in [6.45, 7) is 0. The van der Waals surface area contributed by atoms with Crippen molar-refractivity contribution in [1.82, 2.24) is 4.98 Å². The van der Waals surface area contributed by atoms with E-state index in [-0.39, 0.29) is 0 Å². The van der Waals surface area contributed by atoms with Crippen LogP contribution in [0.2, 0.25) is 0 Å². The third-order valence-electron chi connectivity index (χ3n) is 1.14. The number of hydrogen-bond donors (Lipinski definition) is 0. The molecule has 0 unspecified atom stereocenters. The van der Waals surface area contributed by atoms with Crippen LogP contribution in [0.5, 0.6) is 0 Å². The summed E-state index contributed by atoms with van der Waals surface area (Å²) in [5.74, 6) is 0. The Bertz CT molecular complexity index is 283. The van der Waals surface area contributed by atoms with Crippen LogP contribution in [0.3, 0.4) is 0 Å². The third kappa shape index (κ3) is 0.598. The molecular weight excluding hydrogens is 114 g/mol. The average molecular weight is 117 g/mol. The second kappa shape index (κ2) is 1.58. The lowest BCUT2D eigenvalue weighted by Crippen LogP contribution is -1.65. The molecule has 0 saturated heterocycles. The molecular formula is C7H3NO. The van der Waals surface area contributed by atoms with Crippen molar-refractivity contribution in [1.29, 1.82) is 0 Å². The predicted octanol–water partition coefficient (Wildman–Crippen LogP) is 1.43. The Hall–Kier alpha value is -1.31. The van der Waals surface area contributed by atoms with Gasteiger partial charge in [-0.2, -0.15) is 0 Å². The third-order valence-corrected chi connectivity index (χ3v) is 1.14. The van der Waals surface area contributed by atoms with E-state index < -0.39 is 0 Å². The maximum atomic E-state index is 4.67. The number of pyridine rings is 1. The van der Waals surface area contributed by atoms with E-state index in [4.69, 9.17) is 0 Å². The molecule has 0 aliphatic rings. The molecule has 0 saturated carbocycles. The first-order valence-electron chi connectivity index (χ1n) is 2.59. The maximum absolute atomic E-state index is 4.67. The fourth-order valence-corrected chi connectivity index (χ4v) is 0.700. The molecule has 0 aliphatic heterocycles. The van der Waals surface area contributed by atoms with Crippen molar-refractivity contribution >= 4 is 10.8 Å². The molecule has 0 N–H and O–H groups in total. The Kier molecular flexibility index (Phi) is 0.803. The van der Waals surface area contributed by atoms with E-state index in [1.165, 1.54) is 0 Å². The van der Waals surface area contributed by atoms with Gasteiger partial charge in [0.25, 0.3) is 0 Å². The summed E-state index contributed by atoms with van der Waals surface area (Å²) in [5.41, 5.74) is 0. The van der Waals surface area contributed by atoms with Crippen LogP contribution in [0.4, 0.5) is 0 Å². The van der Waals surface area contributed by atoms with Crippen LogP contribution in [0, 0.1) is 12.5 Å². The molecule has 2 heteroatoms. The highest BCUT2D eigenvalue weighted by Gasteiger charge is 1.92. The van der Waals surface area contributed by atoms with Gasteiger partial charge in [0, 0.05) is 17.8 Å². The van der Waals surface area contributed by atoms with Gasteiger partial charge in [0.05, 0.1) is 5.39 Å². The summed E-state index contributed by atoms with van der Waals surface area (Å²) in [5, 5.41) is 1.79. The molecule has 9 heavy (non-hydrogen) atoms. The van der Waals surface area contributed by atoms with Gasteiger partial charge in [-0.05, 0) is 6.07 Å². The number of fused-ring (bicyclic) bond motifs is 1. The molecule has 2 heterocycles. The predicted molar refractivity (Wildman–Crippen MR) is 31.7 cm³/mol. The van der Waals surface area contributed by atoms with Gasteiger partial charge in [-0.25, -0.2) is 0 Å². The summed E-state index contributed by atoms with van der Waals surface area (Å²) in [6.07, 6.45) is 8.66. The van der Waals surface area contributed by atoms with Gasteiger partial charge in [-0.15, -0.1) is 0 Å². The first-order chi connectivity index (χ1) is 4.47. The minimum atomic E-state index is 0.873. The standard InChI is InChI=1S/C7H3NO/c1-2-8-3-7-5-9-4-6(1)7/h1-3H. The van der Waals surface area contributed by atoms with E-state index in [2.05, 4.69) is 21.9 Å². The first kappa shape index (κ1) is 4.56. The minimum Gasteiger partial charge on any atom is -0.448 e. The van der Waals surface area contributed by atoms with Crippen molar-refractivity contribution in [2.45, 2.75) is 0 Å². The molecule has 2 aromatic heterocycles. The largest absolute Gasteiger partial charge is 0.448 e. The van der Waals surface area contributed by atoms with Gasteiger partial charge in [0.1, 0.15) is 0 Å². The lowest BCUT2D eigenvalue weighted by molar-refractivity contribution is 0.554. The van der Waals surface area contributed by atoms with Crippen molar-refractivity contribution in [3.8, 4) is 0 Å². The van der Waals surface area contributed by atoms with Crippen LogP contribution in [0.25, 0.3) is 10.8 Å². The highest BCUT2D eigenvalue weighted by atomic mass is 16.3. The molecule has 2 aromatic rings. The maximum Gasteiger partial charge on any atom is 0.180 e. The molecule has 2 radical (unpaired) electrons. The fraction of sp³-hybridized carbons (Fsp3) is 0. The van der Waals surface area contributed by atoms with Crippen LogP contribution < -0.4 is 0 Å². The highest BCUT2D eigenvalue weighted by molar-refractivity contribution is 5.78. The number of nitrogens with zero attached hydrogens (tertiary/aromatic N) is 1. The van der Waals surface area contributed by atoms with Crippen molar-refractivity contribution in [3.05, 3.63) is 31.0 Å². The monoisotopic (exact) mass is 117 g/mol. The molecule has 0 amide bonds. The Morgan fingerprint density at radius 1 is 1.33 bits per heavy atom. The zero-order chi connectivity index (χ0) is 6.10. The Balaban J connectivity index is 2.95. The van der Waals surface area contributed by atoms with Crippen LogP contribution >= 0.6 is 0 Å². The second-order valence-corrected chi connectivity index (χ2v) is 1.73. The summed E-state index contributed by atoms with van der Waals surface area (Å²) < 4.78 is 4.67. The van der Waals surface area contributed by atoms with Gasteiger partial charge in [-0.1, -0.05) is 0 Å². The highest BCUT2D eigenvalue weighted by Crippen LogP contribution is 2.09. The lowest BCUT2D eigenvalue weighted by Gasteiger charge is -1.78. The number of hydrogen-bond acceptors (Lipinski definition) is 2. The zero-order valence-corrected chi connectivity index (χ0v) is 4.59. The van der Waals surface area contributed by atoms with Crippen molar-refractivity contribution in [2.24, 2.45) is 0 Å². The van der Waals surface area contributed by atoms with E-state index in [1.54, 1.807) is 12.4 Å². The Morgan fingerprint density at radius 2 is 2.22 bits per heavy atom. The molecule has 0 aliphatic carbocycles. The number of aromatic nitrogens is 1. The van der Waals surface area contributed by atoms with E-state index in [0.29, 0.717) is 0 Å². The normalized spacial score (nSPS) is 10.2. The molecule has 0 fully saturated rings. The van der Waals surface area contributed by atoms with E-state index >= 15 is 0 Å². The van der Waals surface area contributed by atoms with Gasteiger partial charge >= 0.3 is 0 Å². The summed E-state index contributed by atoms with van der Waals surface area (Å²) >= 11 is 0. The van der Waals surface area contributed by atoms with E-state index in [9.17, 15) is 0 Å². The van der Waals surface area contributed by atoms with Gasteiger partial charge in [0.2, 0.25) is 0 Å². The molecule has 0 atom stereocenters. The summed E-state index contributed by atoms with van der Waals surface area (Å²) in [7, 11) is 0.